The van der Waals surface area contributed by atoms with E-state index in [-0.39, 0.29) is 5.41 Å². The lowest BCUT2D eigenvalue weighted by atomic mass is 9.93. The Kier molecular flexibility index (Phi) is 1.71. The van der Waals surface area contributed by atoms with Crippen molar-refractivity contribution in [3.63, 3.8) is 0 Å². The van der Waals surface area contributed by atoms with Crippen LogP contribution in [0, 0.1) is 5.41 Å². The second-order valence-corrected chi connectivity index (χ2v) is 3.90. The van der Waals surface area contributed by atoms with Gasteiger partial charge < -0.3 is 4.90 Å². The Morgan fingerprint density at radius 1 is 1.30 bits per heavy atom. The lowest BCUT2D eigenvalue weighted by Gasteiger charge is -2.35. The largest absolute Gasteiger partial charge is 0.342 e. The summed E-state index contributed by atoms with van der Waals surface area (Å²) in [5.74, 6) is 0.291. The smallest absolute Gasteiger partial charge is 0.227 e. The average molecular weight is 141 g/mol. The highest BCUT2D eigenvalue weighted by atomic mass is 16.2. The predicted molar refractivity (Wildman–Crippen MR) is 40.7 cm³/mol. The van der Waals surface area contributed by atoms with Crippen LogP contribution in [0.3, 0.4) is 0 Å². The van der Waals surface area contributed by atoms with Gasteiger partial charge in [0.1, 0.15) is 0 Å². The van der Waals surface area contributed by atoms with Crippen molar-refractivity contribution in [1.29, 1.82) is 0 Å². The molecule has 1 saturated heterocycles. The van der Waals surface area contributed by atoms with Crippen LogP contribution in [-0.4, -0.2) is 23.9 Å². The van der Waals surface area contributed by atoms with Gasteiger partial charge in [-0.1, -0.05) is 20.8 Å². The summed E-state index contributed by atoms with van der Waals surface area (Å²) in [6.07, 6.45) is 1.18. The molecular weight excluding hydrogens is 126 g/mol. The molecule has 0 aromatic heterocycles. The lowest BCUT2D eigenvalue weighted by Crippen LogP contribution is -2.47. The SMILES string of the molecule is CC(C)(C)C(=O)N1CCC1. The molecule has 58 valence electrons. The third-order valence-corrected chi connectivity index (χ3v) is 1.78. The molecule has 0 N–H and O–H groups in total. The molecule has 0 aromatic rings. The summed E-state index contributed by atoms with van der Waals surface area (Å²) < 4.78 is 0. The number of carbonyl (C=O) groups is 1. The second-order valence-electron chi connectivity index (χ2n) is 3.90. The van der Waals surface area contributed by atoms with E-state index in [0.29, 0.717) is 5.91 Å². The molecule has 2 nitrogen and oxygen atoms in total. The van der Waals surface area contributed by atoms with Crippen LogP contribution in [-0.2, 0) is 4.79 Å². The summed E-state index contributed by atoms with van der Waals surface area (Å²) in [4.78, 5) is 13.3. The topological polar surface area (TPSA) is 20.3 Å². The van der Waals surface area contributed by atoms with E-state index in [1.165, 1.54) is 6.42 Å². The van der Waals surface area contributed by atoms with Crippen molar-refractivity contribution >= 4 is 5.91 Å². The van der Waals surface area contributed by atoms with E-state index in [0.717, 1.165) is 13.1 Å². The molecule has 1 aliphatic heterocycles. The van der Waals surface area contributed by atoms with E-state index >= 15 is 0 Å². The Labute approximate surface area is 62.2 Å². The van der Waals surface area contributed by atoms with Crippen molar-refractivity contribution in [3.8, 4) is 0 Å². The maximum Gasteiger partial charge on any atom is 0.227 e. The molecule has 0 aliphatic carbocycles. The summed E-state index contributed by atoms with van der Waals surface area (Å²) in [5, 5.41) is 0. The fourth-order valence-electron chi connectivity index (χ4n) is 0.994. The monoisotopic (exact) mass is 141 g/mol. The maximum absolute atomic E-state index is 11.4. The molecule has 0 aromatic carbocycles. The van der Waals surface area contributed by atoms with Gasteiger partial charge in [-0.15, -0.1) is 0 Å². The van der Waals surface area contributed by atoms with E-state index < -0.39 is 0 Å². The zero-order valence-electron chi connectivity index (χ0n) is 6.98. The molecule has 0 spiro atoms. The number of hydrogen-bond donors (Lipinski definition) is 0. The Balaban J connectivity index is 2.48. The van der Waals surface area contributed by atoms with Crippen molar-refractivity contribution in [2.45, 2.75) is 27.2 Å². The van der Waals surface area contributed by atoms with Gasteiger partial charge >= 0.3 is 0 Å². The number of hydrogen-bond acceptors (Lipinski definition) is 1. The normalized spacial score (nSPS) is 18.5. The molecule has 1 fully saturated rings. The molecular formula is C8H15NO. The Morgan fingerprint density at radius 3 is 1.90 bits per heavy atom. The number of carbonyl (C=O) groups excluding carboxylic acids is 1. The van der Waals surface area contributed by atoms with Crippen LogP contribution in [0.4, 0.5) is 0 Å². The summed E-state index contributed by atoms with van der Waals surface area (Å²) >= 11 is 0. The first-order chi connectivity index (χ1) is 4.52. The van der Waals surface area contributed by atoms with Crippen LogP contribution in [0.25, 0.3) is 0 Å². The lowest BCUT2D eigenvalue weighted by molar-refractivity contribution is -0.143. The van der Waals surface area contributed by atoms with Gasteiger partial charge in [0.05, 0.1) is 0 Å². The minimum Gasteiger partial charge on any atom is -0.342 e. The van der Waals surface area contributed by atoms with E-state index in [1.807, 2.05) is 25.7 Å². The third kappa shape index (κ3) is 1.31. The van der Waals surface area contributed by atoms with Gasteiger partial charge in [0.25, 0.3) is 0 Å². The Bertz CT molecular complexity index is 142. The minimum atomic E-state index is -0.180. The summed E-state index contributed by atoms with van der Waals surface area (Å²) in [7, 11) is 0. The van der Waals surface area contributed by atoms with Crippen LogP contribution in [0.15, 0.2) is 0 Å². The summed E-state index contributed by atoms with van der Waals surface area (Å²) in [5.41, 5.74) is -0.180. The van der Waals surface area contributed by atoms with Gasteiger partial charge in [-0.3, -0.25) is 4.79 Å². The molecule has 1 aliphatic rings. The number of amides is 1. The number of nitrogens with zero attached hydrogens (tertiary/aromatic N) is 1. The standard InChI is InChI=1S/C8H15NO/c1-8(2,3)7(10)9-5-4-6-9/h4-6H2,1-3H3. The predicted octanol–water partition coefficient (Wildman–Crippen LogP) is 1.26. The third-order valence-electron chi connectivity index (χ3n) is 1.78. The van der Waals surface area contributed by atoms with E-state index in [9.17, 15) is 4.79 Å². The van der Waals surface area contributed by atoms with Crippen molar-refractivity contribution in [1.82, 2.24) is 4.90 Å². The Hall–Kier alpha value is -0.530. The fourth-order valence-corrected chi connectivity index (χ4v) is 0.994. The molecule has 1 heterocycles. The van der Waals surface area contributed by atoms with Crippen LogP contribution >= 0.6 is 0 Å². The van der Waals surface area contributed by atoms with E-state index in [4.69, 9.17) is 0 Å². The van der Waals surface area contributed by atoms with E-state index in [2.05, 4.69) is 0 Å². The van der Waals surface area contributed by atoms with Crippen molar-refractivity contribution in [2.24, 2.45) is 5.41 Å². The van der Waals surface area contributed by atoms with Crippen molar-refractivity contribution in [3.05, 3.63) is 0 Å². The first-order valence-corrected chi connectivity index (χ1v) is 3.81. The Morgan fingerprint density at radius 2 is 1.80 bits per heavy atom. The van der Waals surface area contributed by atoms with Gasteiger partial charge in [-0.05, 0) is 6.42 Å². The second kappa shape index (κ2) is 2.26. The molecule has 1 amide bonds. The molecule has 2 heteroatoms. The molecule has 0 saturated carbocycles. The molecule has 1 rings (SSSR count). The van der Waals surface area contributed by atoms with Gasteiger partial charge in [0.15, 0.2) is 0 Å². The van der Waals surface area contributed by atoms with Gasteiger partial charge in [0, 0.05) is 18.5 Å². The number of rotatable bonds is 0. The van der Waals surface area contributed by atoms with Crippen molar-refractivity contribution < 1.29 is 4.79 Å². The quantitative estimate of drug-likeness (QED) is 0.497. The van der Waals surface area contributed by atoms with Crippen LogP contribution in [0.1, 0.15) is 27.2 Å². The number of likely N-dealkylation sites (tertiary alicyclic amines) is 1. The molecule has 0 atom stereocenters. The van der Waals surface area contributed by atoms with Crippen molar-refractivity contribution in [2.75, 3.05) is 13.1 Å². The summed E-state index contributed by atoms with van der Waals surface area (Å²) in [6, 6.07) is 0. The van der Waals surface area contributed by atoms with Gasteiger partial charge in [0.2, 0.25) is 5.91 Å². The van der Waals surface area contributed by atoms with Gasteiger partial charge in [-0.25, -0.2) is 0 Å². The zero-order chi connectivity index (χ0) is 7.78. The van der Waals surface area contributed by atoms with E-state index in [1.54, 1.807) is 0 Å². The highest BCUT2D eigenvalue weighted by Gasteiger charge is 2.29. The van der Waals surface area contributed by atoms with Gasteiger partial charge in [-0.2, -0.15) is 0 Å². The highest BCUT2D eigenvalue weighted by molar-refractivity contribution is 5.82. The average Bonchev–Trinajstić information content (AvgIpc) is 1.57. The molecule has 10 heavy (non-hydrogen) atoms. The summed E-state index contributed by atoms with van der Waals surface area (Å²) in [6.45, 7) is 7.83. The van der Waals surface area contributed by atoms with Crippen LogP contribution in [0.2, 0.25) is 0 Å². The zero-order valence-corrected chi connectivity index (χ0v) is 6.98. The van der Waals surface area contributed by atoms with Crippen LogP contribution in [0.5, 0.6) is 0 Å². The first kappa shape index (κ1) is 7.58. The fraction of sp³-hybridized carbons (Fsp3) is 0.875. The molecule has 0 bridgehead atoms. The maximum atomic E-state index is 11.4. The highest BCUT2D eigenvalue weighted by Crippen LogP contribution is 2.20. The molecule has 0 unspecified atom stereocenters. The first-order valence-electron chi connectivity index (χ1n) is 3.81. The van der Waals surface area contributed by atoms with Crippen LogP contribution < -0.4 is 0 Å². The molecule has 0 radical (unpaired) electrons. The minimum absolute atomic E-state index is 0.180.